The molecule has 2 nitrogen and oxygen atoms in total. The fourth-order valence-electron chi connectivity index (χ4n) is 1.47. The highest BCUT2D eigenvalue weighted by Gasteiger charge is 2.23. The quantitative estimate of drug-likeness (QED) is 0.756. The zero-order valence-electron chi connectivity index (χ0n) is 10.2. The summed E-state index contributed by atoms with van der Waals surface area (Å²) in [5.41, 5.74) is 1.77. The Hall–Kier alpha value is -0.960. The summed E-state index contributed by atoms with van der Waals surface area (Å²) in [5, 5.41) is -0.410. The minimum atomic E-state index is -1.10. The molecule has 0 bridgehead atoms. The number of Topliss-reactive ketones (excluding diaryl/α,β-unsaturated/α-hetero) is 1. The van der Waals surface area contributed by atoms with Gasteiger partial charge in [-0.1, -0.05) is 43.7 Å². The molecule has 0 saturated heterocycles. The lowest BCUT2D eigenvalue weighted by Crippen LogP contribution is -2.27. The molecule has 0 radical (unpaired) electrons. The zero-order chi connectivity index (χ0) is 12.3. The Kier molecular flexibility index (Phi) is 4.42. The molecule has 88 valence electrons. The fraction of sp³-hybridized carbons (Fsp3) is 0.462. The van der Waals surface area contributed by atoms with Crippen LogP contribution in [0, 0.1) is 6.92 Å². The van der Waals surface area contributed by atoms with Crippen molar-refractivity contribution in [3.63, 3.8) is 0 Å². The normalized spacial score (nSPS) is 14.8. The summed E-state index contributed by atoms with van der Waals surface area (Å²) >= 11 is 0. The minimum Gasteiger partial charge on any atom is -0.293 e. The van der Waals surface area contributed by atoms with Crippen molar-refractivity contribution in [2.45, 2.75) is 38.2 Å². The highest BCUT2D eigenvalue weighted by atomic mass is 32.2. The minimum absolute atomic E-state index is 0.0180. The van der Waals surface area contributed by atoms with Crippen LogP contribution in [0.2, 0.25) is 0 Å². The third-order valence-corrected chi connectivity index (χ3v) is 4.36. The maximum atomic E-state index is 12.0. The topological polar surface area (TPSA) is 34.1 Å². The van der Waals surface area contributed by atoms with Gasteiger partial charge in [-0.3, -0.25) is 9.00 Å². The third kappa shape index (κ3) is 3.01. The predicted octanol–water partition coefficient (Wildman–Crippen LogP) is 2.72. The van der Waals surface area contributed by atoms with Crippen molar-refractivity contribution < 1.29 is 9.00 Å². The number of hydrogen-bond donors (Lipinski definition) is 0. The van der Waals surface area contributed by atoms with Gasteiger partial charge in [-0.15, -0.1) is 0 Å². The lowest BCUT2D eigenvalue weighted by molar-refractivity contribution is 0.0992. The van der Waals surface area contributed by atoms with Crippen LogP contribution >= 0.6 is 0 Å². The number of rotatable bonds is 4. The molecular formula is C13H18O2S. The molecule has 3 heteroatoms. The fourth-order valence-corrected chi connectivity index (χ4v) is 2.63. The largest absolute Gasteiger partial charge is 0.293 e. The van der Waals surface area contributed by atoms with E-state index in [1.54, 1.807) is 19.1 Å². The van der Waals surface area contributed by atoms with Gasteiger partial charge in [-0.25, -0.2) is 0 Å². The molecule has 2 unspecified atom stereocenters. The van der Waals surface area contributed by atoms with Crippen LogP contribution in [0.5, 0.6) is 0 Å². The summed E-state index contributed by atoms with van der Waals surface area (Å²) < 4.78 is 11.8. The van der Waals surface area contributed by atoms with Crippen molar-refractivity contribution in [3.8, 4) is 0 Å². The van der Waals surface area contributed by atoms with Gasteiger partial charge >= 0.3 is 0 Å². The molecule has 1 aromatic carbocycles. The van der Waals surface area contributed by atoms with Crippen LogP contribution in [0.25, 0.3) is 0 Å². The summed E-state index contributed by atoms with van der Waals surface area (Å²) in [7, 11) is -1.10. The highest BCUT2D eigenvalue weighted by molar-refractivity contribution is 7.87. The third-order valence-electron chi connectivity index (χ3n) is 2.52. The molecule has 0 aromatic heterocycles. The summed E-state index contributed by atoms with van der Waals surface area (Å²) in [4.78, 5) is 12.0. The maximum absolute atomic E-state index is 12.0. The van der Waals surface area contributed by atoms with E-state index in [-0.39, 0.29) is 11.0 Å². The molecule has 0 saturated carbocycles. The molecule has 0 spiro atoms. The molecule has 0 aliphatic rings. The summed E-state index contributed by atoms with van der Waals surface area (Å²) in [6.07, 6.45) is 0. The maximum Gasteiger partial charge on any atom is 0.178 e. The van der Waals surface area contributed by atoms with E-state index in [1.165, 1.54) is 0 Å². The first-order valence-corrected chi connectivity index (χ1v) is 6.71. The van der Waals surface area contributed by atoms with Crippen LogP contribution in [0.4, 0.5) is 0 Å². The van der Waals surface area contributed by atoms with Crippen molar-refractivity contribution in [1.29, 1.82) is 0 Å². The van der Waals surface area contributed by atoms with E-state index in [2.05, 4.69) is 0 Å². The van der Waals surface area contributed by atoms with E-state index in [0.717, 1.165) is 5.56 Å². The van der Waals surface area contributed by atoms with Gasteiger partial charge < -0.3 is 0 Å². The van der Waals surface area contributed by atoms with Crippen LogP contribution in [-0.2, 0) is 10.8 Å². The van der Waals surface area contributed by atoms with Crippen LogP contribution in [0.15, 0.2) is 24.3 Å². The Bertz CT molecular complexity index is 393. The lowest BCUT2D eigenvalue weighted by Gasteiger charge is -2.13. The van der Waals surface area contributed by atoms with Gasteiger partial charge in [0.15, 0.2) is 5.78 Å². The second-order valence-corrected chi connectivity index (χ2v) is 6.56. The first-order valence-electron chi connectivity index (χ1n) is 5.43. The Labute approximate surface area is 99.5 Å². The first-order chi connectivity index (χ1) is 7.43. The van der Waals surface area contributed by atoms with E-state index in [0.29, 0.717) is 5.56 Å². The summed E-state index contributed by atoms with van der Waals surface area (Å²) in [6, 6.07) is 7.40. The van der Waals surface area contributed by atoms with E-state index in [1.807, 2.05) is 32.9 Å². The van der Waals surface area contributed by atoms with Crippen LogP contribution in [0.3, 0.4) is 0 Å². The van der Waals surface area contributed by atoms with Gasteiger partial charge in [0.1, 0.15) is 0 Å². The van der Waals surface area contributed by atoms with Gasteiger partial charge in [0.2, 0.25) is 0 Å². The molecule has 0 aliphatic heterocycles. The van der Waals surface area contributed by atoms with Gasteiger partial charge in [-0.2, -0.15) is 0 Å². The summed E-state index contributed by atoms with van der Waals surface area (Å²) in [5.74, 6) is -0.0352. The average molecular weight is 238 g/mol. The molecule has 0 aliphatic carbocycles. The van der Waals surface area contributed by atoms with E-state index in [9.17, 15) is 9.00 Å². The van der Waals surface area contributed by atoms with E-state index < -0.39 is 16.0 Å². The average Bonchev–Trinajstić information content (AvgIpc) is 2.27. The van der Waals surface area contributed by atoms with E-state index >= 15 is 0 Å². The molecule has 0 heterocycles. The highest BCUT2D eigenvalue weighted by Crippen LogP contribution is 2.12. The van der Waals surface area contributed by atoms with Gasteiger partial charge in [0.05, 0.1) is 5.25 Å². The van der Waals surface area contributed by atoms with Crippen molar-refractivity contribution >= 4 is 16.6 Å². The van der Waals surface area contributed by atoms with Crippen LogP contribution < -0.4 is 0 Å². The number of hydrogen-bond acceptors (Lipinski definition) is 2. The molecule has 0 fully saturated rings. The number of carbonyl (C=O) groups is 1. The Balaban J connectivity index is 2.86. The Morgan fingerprint density at radius 3 is 2.06 bits per heavy atom. The molecular weight excluding hydrogens is 220 g/mol. The van der Waals surface area contributed by atoms with Crippen LogP contribution in [0.1, 0.15) is 36.7 Å². The first kappa shape index (κ1) is 13.1. The van der Waals surface area contributed by atoms with Crippen LogP contribution in [-0.4, -0.2) is 20.5 Å². The monoisotopic (exact) mass is 238 g/mol. The zero-order valence-corrected chi connectivity index (χ0v) is 11.0. The number of aryl methyl sites for hydroxylation is 1. The van der Waals surface area contributed by atoms with Crippen molar-refractivity contribution in [3.05, 3.63) is 35.4 Å². The Morgan fingerprint density at radius 2 is 1.62 bits per heavy atom. The predicted molar refractivity (Wildman–Crippen MR) is 68.2 cm³/mol. The Morgan fingerprint density at radius 1 is 1.12 bits per heavy atom. The standard InChI is InChI=1S/C13H18O2S/c1-9(2)16(15)11(4)13(14)12-7-5-10(3)6-8-12/h5-9,11H,1-4H3. The van der Waals surface area contributed by atoms with Gasteiger partial charge in [0, 0.05) is 21.6 Å². The number of ketones is 1. The SMILES string of the molecule is Cc1ccc(C(=O)C(C)S(=O)C(C)C)cc1. The summed E-state index contributed by atoms with van der Waals surface area (Å²) in [6.45, 7) is 7.45. The molecule has 0 N–H and O–H groups in total. The number of benzene rings is 1. The van der Waals surface area contributed by atoms with Gasteiger partial charge in [0.25, 0.3) is 0 Å². The van der Waals surface area contributed by atoms with E-state index in [4.69, 9.17) is 0 Å². The molecule has 1 aromatic rings. The van der Waals surface area contributed by atoms with Crippen molar-refractivity contribution in [2.24, 2.45) is 0 Å². The molecule has 2 atom stereocenters. The van der Waals surface area contributed by atoms with Crippen molar-refractivity contribution in [1.82, 2.24) is 0 Å². The lowest BCUT2D eigenvalue weighted by atomic mass is 10.1. The molecule has 16 heavy (non-hydrogen) atoms. The van der Waals surface area contributed by atoms with Crippen molar-refractivity contribution in [2.75, 3.05) is 0 Å². The number of carbonyl (C=O) groups excluding carboxylic acids is 1. The second kappa shape index (κ2) is 5.39. The second-order valence-electron chi connectivity index (χ2n) is 4.25. The molecule has 0 amide bonds. The smallest absolute Gasteiger partial charge is 0.178 e. The van der Waals surface area contributed by atoms with Gasteiger partial charge in [-0.05, 0) is 13.8 Å². The molecule has 1 rings (SSSR count).